The largest absolute Gasteiger partial charge is 0.314 e. The van der Waals surface area contributed by atoms with Gasteiger partial charge >= 0.3 is 0 Å². The summed E-state index contributed by atoms with van der Waals surface area (Å²) in [6, 6.07) is 0.682. The first-order valence-corrected chi connectivity index (χ1v) is 6.78. The predicted octanol–water partition coefficient (Wildman–Crippen LogP) is 2.06. The van der Waals surface area contributed by atoms with Crippen LogP contribution in [0.25, 0.3) is 0 Å². The Morgan fingerprint density at radius 3 is 2.57 bits per heavy atom. The molecule has 0 amide bonds. The molecule has 0 bridgehead atoms. The van der Waals surface area contributed by atoms with Gasteiger partial charge in [0.2, 0.25) is 0 Å². The lowest BCUT2D eigenvalue weighted by Gasteiger charge is -2.13. The van der Waals surface area contributed by atoms with Crippen LogP contribution in [0.2, 0.25) is 0 Å². The quantitative estimate of drug-likeness (QED) is 0.596. The van der Waals surface area contributed by atoms with E-state index < -0.39 is 0 Å². The van der Waals surface area contributed by atoms with Gasteiger partial charge in [0.05, 0.1) is 0 Å². The van der Waals surface area contributed by atoms with Gasteiger partial charge in [0, 0.05) is 18.3 Å². The molecule has 0 aromatic carbocycles. The van der Waals surface area contributed by atoms with E-state index in [9.17, 15) is 0 Å². The molecule has 0 saturated carbocycles. The molecule has 0 aromatic heterocycles. The normalized spacial score (nSPS) is 13.5. The van der Waals surface area contributed by atoms with Gasteiger partial charge in [0.1, 0.15) is 0 Å². The Morgan fingerprint density at radius 1 is 1.29 bits per heavy atom. The van der Waals surface area contributed by atoms with Gasteiger partial charge in [-0.15, -0.1) is 0 Å². The molecule has 0 rings (SSSR count). The van der Waals surface area contributed by atoms with Gasteiger partial charge in [-0.3, -0.25) is 0 Å². The third-order valence-corrected chi connectivity index (χ3v) is 3.12. The molecule has 0 fully saturated rings. The van der Waals surface area contributed by atoms with Crippen LogP contribution in [0.5, 0.6) is 0 Å². The van der Waals surface area contributed by atoms with E-state index in [0.717, 1.165) is 6.54 Å². The number of nitrogens with one attached hydrogen (secondary N) is 1. The van der Waals surface area contributed by atoms with Crippen LogP contribution in [0.1, 0.15) is 26.7 Å². The van der Waals surface area contributed by atoms with Gasteiger partial charge in [0.15, 0.2) is 0 Å². The smallest absolute Gasteiger partial charge is 0.00662 e. The topological polar surface area (TPSA) is 15.3 Å². The van der Waals surface area contributed by atoms with Crippen molar-refractivity contribution in [2.75, 3.05) is 38.7 Å². The molecular weight excluding hydrogens is 192 g/mol. The first kappa shape index (κ1) is 14.3. The molecular formula is C11H26N2S. The minimum absolute atomic E-state index is 0.682. The van der Waals surface area contributed by atoms with Crippen LogP contribution in [0.4, 0.5) is 0 Å². The highest BCUT2D eigenvalue weighted by molar-refractivity contribution is 7.99. The Balaban J connectivity index is 3.10. The molecule has 1 atom stereocenters. The Bertz CT molecular complexity index is 118. The molecule has 0 heterocycles. The summed E-state index contributed by atoms with van der Waals surface area (Å²) in [4.78, 5) is 2.24. The maximum Gasteiger partial charge on any atom is 0.00662 e. The summed E-state index contributed by atoms with van der Waals surface area (Å²) in [6.45, 7) is 6.85. The molecule has 0 radical (unpaired) electrons. The Hall–Kier alpha value is 0.270. The molecule has 0 aliphatic heterocycles. The molecule has 0 saturated heterocycles. The maximum absolute atomic E-state index is 3.51. The lowest BCUT2D eigenvalue weighted by Crippen LogP contribution is -2.27. The van der Waals surface area contributed by atoms with Gasteiger partial charge in [-0.25, -0.2) is 0 Å². The van der Waals surface area contributed by atoms with Gasteiger partial charge in [0.25, 0.3) is 0 Å². The van der Waals surface area contributed by atoms with E-state index in [2.05, 4.69) is 49.9 Å². The second-order valence-electron chi connectivity index (χ2n) is 4.06. The summed E-state index contributed by atoms with van der Waals surface area (Å²) in [5, 5.41) is 3.51. The fraction of sp³-hybridized carbons (Fsp3) is 1.00. The Kier molecular flexibility index (Phi) is 10.0. The molecule has 0 aliphatic rings. The average Bonchev–Trinajstić information content (AvgIpc) is 2.13. The van der Waals surface area contributed by atoms with Crippen LogP contribution in [0.15, 0.2) is 0 Å². The second kappa shape index (κ2) is 9.81. The SMILES string of the molecule is CCCNC(C)CCSCCN(C)C. The molecule has 2 nitrogen and oxygen atoms in total. The fourth-order valence-electron chi connectivity index (χ4n) is 1.10. The number of thioether (sulfide) groups is 1. The van der Waals surface area contributed by atoms with Crippen molar-refractivity contribution < 1.29 is 0 Å². The minimum atomic E-state index is 0.682. The van der Waals surface area contributed by atoms with Gasteiger partial charge in [-0.2, -0.15) is 11.8 Å². The van der Waals surface area contributed by atoms with E-state index in [1.165, 1.54) is 30.9 Å². The number of rotatable bonds is 9. The molecule has 86 valence electrons. The predicted molar refractivity (Wildman–Crippen MR) is 68.3 cm³/mol. The first-order chi connectivity index (χ1) is 6.66. The van der Waals surface area contributed by atoms with Crippen molar-refractivity contribution in [3.05, 3.63) is 0 Å². The van der Waals surface area contributed by atoms with Gasteiger partial charge < -0.3 is 10.2 Å². The summed E-state index contributed by atoms with van der Waals surface area (Å²) < 4.78 is 0. The zero-order valence-electron chi connectivity index (χ0n) is 10.2. The molecule has 3 heteroatoms. The second-order valence-corrected chi connectivity index (χ2v) is 5.28. The molecule has 14 heavy (non-hydrogen) atoms. The van der Waals surface area contributed by atoms with Crippen molar-refractivity contribution >= 4 is 11.8 Å². The highest BCUT2D eigenvalue weighted by Crippen LogP contribution is 2.04. The van der Waals surface area contributed by atoms with Crippen LogP contribution >= 0.6 is 11.8 Å². The highest BCUT2D eigenvalue weighted by atomic mass is 32.2. The van der Waals surface area contributed by atoms with Crippen molar-refractivity contribution in [1.29, 1.82) is 0 Å². The van der Waals surface area contributed by atoms with E-state index in [1.54, 1.807) is 0 Å². The van der Waals surface area contributed by atoms with Crippen LogP contribution in [-0.2, 0) is 0 Å². The number of hydrogen-bond acceptors (Lipinski definition) is 3. The van der Waals surface area contributed by atoms with E-state index in [4.69, 9.17) is 0 Å². The third kappa shape index (κ3) is 10.4. The minimum Gasteiger partial charge on any atom is -0.314 e. The van der Waals surface area contributed by atoms with Crippen LogP contribution in [0, 0.1) is 0 Å². The first-order valence-electron chi connectivity index (χ1n) is 5.62. The van der Waals surface area contributed by atoms with Gasteiger partial charge in [-0.05, 0) is 46.2 Å². The Morgan fingerprint density at radius 2 is 2.00 bits per heavy atom. The number of nitrogens with zero attached hydrogens (tertiary/aromatic N) is 1. The van der Waals surface area contributed by atoms with Gasteiger partial charge in [-0.1, -0.05) is 6.92 Å². The maximum atomic E-state index is 3.51. The van der Waals surface area contributed by atoms with Crippen molar-refractivity contribution in [3.63, 3.8) is 0 Å². The summed E-state index contributed by atoms with van der Waals surface area (Å²) >= 11 is 2.06. The van der Waals surface area contributed by atoms with Crippen LogP contribution in [0.3, 0.4) is 0 Å². The zero-order chi connectivity index (χ0) is 10.8. The highest BCUT2D eigenvalue weighted by Gasteiger charge is 1.99. The molecule has 0 aliphatic carbocycles. The van der Waals surface area contributed by atoms with E-state index in [1.807, 2.05) is 0 Å². The van der Waals surface area contributed by atoms with Crippen LogP contribution < -0.4 is 5.32 Å². The van der Waals surface area contributed by atoms with E-state index in [-0.39, 0.29) is 0 Å². The third-order valence-electron chi connectivity index (χ3n) is 2.12. The lowest BCUT2D eigenvalue weighted by atomic mass is 10.2. The summed E-state index contributed by atoms with van der Waals surface area (Å²) in [7, 11) is 4.26. The Labute approximate surface area is 93.8 Å². The lowest BCUT2D eigenvalue weighted by molar-refractivity contribution is 0.437. The van der Waals surface area contributed by atoms with Crippen molar-refractivity contribution in [3.8, 4) is 0 Å². The molecule has 1 unspecified atom stereocenters. The zero-order valence-corrected chi connectivity index (χ0v) is 11.0. The van der Waals surface area contributed by atoms with Crippen LogP contribution in [-0.4, -0.2) is 49.6 Å². The molecule has 1 N–H and O–H groups in total. The standard InChI is InChI=1S/C11H26N2S/c1-5-7-12-11(2)6-9-14-10-8-13(3)4/h11-12H,5-10H2,1-4H3. The monoisotopic (exact) mass is 218 g/mol. The summed E-state index contributed by atoms with van der Waals surface area (Å²) in [5.74, 6) is 2.54. The number of hydrogen-bond donors (Lipinski definition) is 1. The van der Waals surface area contributed by atoms with E-state index >= 15 is 0 Å². The van der Waals surface area contributed by atoms with Crippen molar-refractivity contribution in [2.45, 2.75) is 32.7 Å². The summed E-state index contributed by atoms with van der Waals surface area (Å²) in [5.41, 5.74) is 0. The molecule has 0 aromatic rings. The van der Waals surface area contributed by atoms with E-state index in [0.29, 0.717) is 6.04 Å². The summed E-state index contributed by atoms with van der Waals surface area (Å²) in [6.07, 6.45) is 2.52. The fourth-order valence-corrected chi connectivity index (χ4v) is 2.32. The molecule has 0 spiro atoms. The van der Waals surface area contributed by atoms with Crippen molar-refractivity contribution in [1.82, 2.24) is 10.2 Å². The van der Waals surface area contributed by atoms with Crippen molar-refractivity contribution in [2.24, 2.45) is 0 Å². The average molecular weight is 218 g/mol.